The maximum atomic E-state index is 13.8. The van der Waals surface area contributed by atoms with Gasteiger partial charge in [0.2, 0.25) is 16.0 Å². The van der Waals surface area contributed by atoms with Crippen LogP contribution < -0.4 is 21.1 Å². The first kappa shape index (κ1) is 30.9. The van der Waals surface area contributed by atoms with Gasteiger partial charge in [0, 0.05) is 61.3 Å². The topological polar surface area (TPSA) is 134 Å². The number of hydrogen-bond acceptors (Lipinski definition) is 10. The van der Waals surface area contributed by atoms with Gasteiger partial charge in [0.15, 0.2) is 5.78 Å². The Balaban J connectivity index is 1.32. The molecule has 3 aromatic heterocycles. The predicted octanol–water partition coefficient (Wildman–Crippen LogP) is 2.91. The fourth-order valence-electron chi connectivity index (χ4n) is 5.75. The van der Waals surface area contributed by atoms with E-state index in [0.717, 1.165) is 50.1 Å². The van der Waals surface area contributed by atoms with Gasteiger partial charge in [0.05, 0.1) is 23.6 Å². The van der Waals surface area contributed by atoms with Crippen molar-refractivity contribution < 1.29 is 13.2 Å². The molecule has 1 saturated heterocycles. The van der Waals surface area contributed by atoms with E-state index in [1.165, 1.54) is 14.7 Å². The second kappa shape index (κ2) is 12.7. The van der Waals surface area contributed by atoms with Gasteiger partial charge in [-0.2, -0.15) is 4.98 Å². The Labute approximate surface area is 263 Å². The van der Waals surface area contributed by atoms with Crippen LogP contribution in [-0.2, 0) is 16.6 Å². The van der Waals surface area contributed by atoms with Gasteiger partial charge in [0.1, 0.15) is 5.65 Å². The van der Waals surface area contributed by atoms with Crippen LogP contribution in [0.4, 0.5) is 17.3 Å². The molecule has 1 aliphatic carbocycles. The Morgan fingerprint density at radius 1 is 1.11 bits per heavy atom. The first-order chi connectivity index (χ1) is 21.6. The summed E-state index contributed by atoms with van der Waals surface area (Å²) in [6, 6.07) is 13.3. The van der Waals surface area contributed by atoms with Crippen molar-refractivity contribution >= 4 is 44.2 Å². The summed E-state index contributed by atoms with van der Waals surface area (Å²) in [6.07, 6.45) is 6.91. The van der Waals surface area contributed by atoms with Crippen molar-refractivity contribution in [2.24, 2.45) is 5.92 Å². The molecule has 45 heavy (non-hydrogen) atoms. The number of rotatable bonds is 12. The van der Waals surface area contributed by atoms with Crippen LogP contribution in [0.2, 0.25) is 0 Å². The van der Waals surface area contributed by atoms with Crippen molar-refractivity contribution in [1.29, 1.82) is 0 Å². The Hall–Kier alpha value is -4.07. The molecule has 2 aliphatic rings. The van der Waals surface area contributed by atoms with Crippen LogP contribution in [0.1, 0.15) is 41.7 Å². The highest BCUT2D eigenvalue weighted by molar-refractivity contribution is 7.89. The fraction of sp³-hybridized carbons (Fsp3) is 0.438. The molecular weight excluding hydrogens is 592 g/mol. The summed E-state index contributed by atoms with van der Waals surface area (Å²) in [5.74, 6) is -0.151. The highest BCUT2D eigenvalue weighted by Gasteiger charge is 2.33. The Kier molecular flexibility index (Phi) is 8.76. The zero-order valence-electron chi connectivity index (χ0n) is 25.9. The first-order valence-electron chi connectivity index (χ1n) is 15.4. The highest BCUT2D eigenvalue weighted by Crippen LogP contribution is 2.32. The number of pyridine rings is 1. The molecule has 0 spiro atoms. The van der Waals surface area contributed by atoms with Gasteiger partial charge in [-0.3, -0.25) is 14.2 Å². The van der Waals surface area contributed by atoms with Crippen molar-refractivity contribution in [2.75, 3.05) is 56.7 Å². The number of piperidine rings is 1. The number of aromatic nitrogens is 4. The van der Waals surface area contributed by atoms with E-state index in [1.54, 1.807) is 29.3 Å². The van der Waals surface area contributed by atoms with Crippen LogP contribution >= 0.6 is 0 Å². The molecule has 1 aromatic carbocycles. The minimum Gasteiger partial charge on any atom is -0.370 e. The summed E-state index contributed by atoms with van der Waals surface area (Å²) >= 11 is 0. The Morgan fingerprint density at radius 3 is 2.58 bits per heavy atom. The monoisotopic (exact) mass is 632 g/mol. The average molecular weight is 633 g/mol. The van der Waals surface area contributed by atoms with Crippen LogP contribution in [0.25, 0.3) is 11.0 Å². The van der Waals surface area contributed by atoms with E-state index in [1.807, 2.05) is 26.2 Å². The Morgan fingerprint density at radius 2 is 1.89 bits per heavy atom. The number of fused-ring (bicyclic) bond motifs is 1. The molecule has 2 N–H and O–H groups in total. The Bertz CT molecular complexity index is 1860. The number of nitrogens with one attached hydrogen (secondary N) is 2. The summed E-state index contributed by atoms with van der Waals surface area (Å²) in [5.41, 5.74) is 2.18. The van der Waals surface area contributed by atoms with E-state index < -0.39 is 15.6 Å². The van der Waals surface area contributed by atoms with Crippen molar-refractivity contribution in [3.63, 3.8) is 0 Å². The quantitative estimate of drug-likeness (QED) is 0.225. The molecule has 13 heteroatoms. The van der Waals surface area contributed by atoms with Gasteiger partial charge in [0.25, 0.3) is 5.56 Å². The molecular formula is C32H40N8O4S. The summed E-state index contributed by atoms with van der Waals surface area (Å²) in [5, 5.41) is 7.22. The van der Waals surface area contributed by atoms with E-state index in [2.05, 4.69) is 39.7 Å². The second-order valence-corrected chi connectivity index (χ2v) is 14.2. The van der Waals surface area contributed by atoms with Crippen molar-refractivity contribution in [2.45, 2.75) is 38.3 Å². The smallest absolute Gasteiger partial charge is 0.263 e. The number of carbonyl (C=O) groups is 1. The summed E-state index contributed by atoms with van der Waals surface area (Å²) < 4.78 is 29.0. The molecule has 4 heterocycles. The van der Waals surface area contributed by atoms with Gasteiger partial charge in [-0.25, -0.2) is 17.4 Å². The maximum Gasteiger partial charge on any atom is 0.263 e. The van der Waals surface area contributed by atoms with Crippen molar-refractivity contribution in [3.8, 4) is 0 Å². The van der Waals surface area contributed by atoms with Gasteiger partial charge in [-0.05, 0) is 88.8 Å². The molecule has 12 nitrogen and oxygen atoms in total. The second-order valence-electron chi connectivity index (χ2n) is 12.3. The first-order valence-corrected chi connectivity index (χ1v) is 17.0. The van der Waals surface area contributed by atoms with E-state index in [-0.39, 0.29) is 35.5 Å². The summed E-state index contributed by atoms with van der Waals surface area (Å²) in [6.45, 7) is 2.30. The van der Waals surface area contributed by atoms with Crippen LogP contribution in [0.5, 0.6) is 0 Å². The predicted molar refractivity (Wildman–Crippen MR) is 176 cm³/mol. The van der Waals surface area contributed by atoms with Crippen LogP contribution in [0.15, 0.2) is 59.7 Å². The third kappa shape index (κ3) is 6.80. The number of nitrogens with zero attached hydrogens (tertiary/aromatic N) is 6. The molecule has 6 rings (SSSR count). The van der Waals surface area contributed by atoms with Crippen LogP contribution in [-0.4, -0.2) is 90.2 Å². The largest absolute Gasteiger partial charge is 0.370 e. The molecule has 238 valence electrons. The summed E-state index contributed by atoms with van der Waals surface area (Å²) in [7, 11) is 2.05. The molecule has 4 aromatic rings. The lowest BCUT2D eigenvalue weighted by molar-refractivity contribution is 0.0966. The van der Waals surface area contributed by atoms with Gasteiger partial charge >= 0.3 is 0 Å². The lowest BCUT2D eigenvalue weighted by atomic mass is 10.1. The minimum absolute atomic E-state index is 0.0794. The summed E-state index contributed by atoms with van der Waals surface area (Å²) in [4.78, 5) is 40.2. The zero-order valence-corrected chi connectivity index (χ0v) is 26.8. The number of likely N-dealkylation sites (N-methyl/N-ethyl adjacent to an activating group) is 1. The van der Waals surface area contributed by atoms with Gasteiger partial charge in [-0.1, -0.05) is 0 Å². The van der Waals surface area contributed by atoms with E-state index in [9.17, 15) is 18.0 Å². The van der Waals surface area contributed by atoms with Crippen LogP contribution in [0.3, 0.4) is 0 Å². The van der Waals surface area contributed by atoms with Crippen LogP contribution in [0, 0.1) is 5.92 Å². The molecule has 1 aliphatic heterocycles. The molecule has 0 amide bonds. The SMILES string of the molecule is CN(C)CCS(=O)(=O)n1cccc1Cn1c(=O)c(C(=O)C2CC2)cc2cnc(Nc3ccc(N(C)C4CCCNC4)cc3)nc21. The number of benzene rings is 1. The normalized spacial score (nSPS) is 17.1. The zero-order chi connectivity index (χ0) is 31.7. The number of carbonyl (C=O) groups excluding carboxylic acids is 1. The minimum atomic E-state index is -3.68. The third-order valence-electron chi connectivity index (χ3n) is 8.60. The average Bonchev–Trinajstić information content (AvgIpc) is 3.78. The molecule has 1 atom stereocenters. The fourth-order valence-corrected chi connectivity index (χ4v) is 7.27. The molecule has 0 radical (unpaired) electrons. The maximum absolute atomic E-state index is 13.8. The lowest BCUT2D eigenvalue weighted by Gasteiger charge is -2.33. The van der Waals surface area contributed by atoms with E-state index in [4.69, 9.17) is 4.98 Å². The van der Waals surface area contributed by atoms with Crippen molar-refractivity contribution in [3.05, 3.63) is 76.5 Å². The lowest BCUT2D eigenvalue weighted by Crippen LogP contribution is -2.44. The van der Waals surface area contributed by atoms with E-state index >= 15 is 0 Å². The highest BCUT2D eigenvalue weighted by atomic mass is 32.2. The third-order valence-corrected chi connectivity index (χ3v) is 10.3. The molecule has 2 fully saturated rings. The number of anilines is 3. The number of ketones is 1. The standard InChI is InChI=1S/C32H40N8O4S/c1-37(2)16-17-45(43,44)40-15-5-7-27(40)21-39-30-23(18-28(31(39)42)29(41)22-8-9-22)19-34-32(36-30)35-24-10-12-25(13-11-24)38(3)26-6-4-14-33-20-26/h5,7,10-13,15,18-19,22,26,33H,4,6,8-9,14,16-17,20-21H2,1-3H3,(H,34,35,36). The number of hydrogen-bond donors (Lipinski definition) is 2. The number of Topliss-reactive ketones (excluding diaryl/α,β-unsaturated/α-hetero) is 1. The van der Waals surface area contributed by atoms with Crippen molar-refractivity contribution in [1.82, 2.24) is 28.7 Å². The molecule has 0 bridgehead atoms. The van der Waals surface area contributed by atoms with E-state index in [0.29, 0.717) is 29.3 Å². The van der Waals surface area contributed by atoms with Gasteiger partial charge in [-0.15, -0.1) is 0 Å². The molecule has 1 saturated carbocycles. The molecule has 1 unspecified atom stereocenters. The van der Waals surface area contributed by atoms with Gasteiger partial charge < -0.3 is 20.4 Å².